The van der Waals surface area contributed by atoms with Gasteiger partial charge < -0.3 is 10.2 Å². The molecule has 1 aromatic heterocycles. The minimum Gasteiger partial charge on any atom is -0.504 e. The molecular formula is C17H16ClF3N4O2. The maximum Gasteiger partial charge on any atom is 0.416 e. The zero-order valence-corrected chi connectivity index (χ0v) is 15.1. The number of anilines is 1. The maximum atomic E-state index is 13.0. The minimum absolute atomic E-state index is 0.0674. The van der Waals surface area contributed by atoms with Crippen LogP contribution in [0.2, 0.25) is 5.15 Å². The van der Waals surface area contributed by atoms with Crippen molar-refractivity contribution in [1.29, 1.82) is 0 Å². The van der Waals surface area contributed by atoms with E-state index in [0.29, 0.717) is 16.8 Å². The third-order valence-electron chi connectivity index (χ3n) is 4.06. The van der Waals surface area contributed by atoms with Gasteiger partial charge in [0.15, 0.2) is 10.9 Å². The Balaban J connectivity index is 2.11. The minimum atomic E-state index is -4.45. The summed E-state index contributed by atoms with van der Waals surface area (Å²) in [6, 6.07) is 3.59. The van der Waals surface area contributed by atoms with Gasteiger partial charge in [0.25, 0.3) is 0 Å². The number of nitrogens with one attached hydrogen (secondary N) is 1. The molecule has 2 aromatic rings. The number of aliphatic hydroxyl groups is 2. The molecule has 0 fully saturated rings. The molecule has 27 heavy (non-hydrogen) atoms. The Morgan fingerprint density at radius 1 is 1.22 bits per heavy atom. The molecule has 144 valence electrons. The third kappa shape index (κ3) is 3.60. The van der Waals surface area contributed by atoms with Gasteiger partial charge in [0, 0.05) is 6.20 Å². The molecule has 1 aliphatic rings. The van der Waals surface area contributed by atoms with Crippen LogP contribution in [0.1, 0.15) is 16.7 Å². The van der Waals surface area contributed by atoms with Crippen LogP contribution in [0.4, 0.5) is 18.9 Å². The van der Waals surface area contributed by atoms with E-state index in [-0.39, 0.29) is 22.3 Å². The standard InChI is InChI=1S/C17H16ClF3N4O2/c1-9-5-11(17(19,20)21)6-10(2)15(9)25-7-13(16(27)12(8-26)22-25)24-4-3-14(18)23-24/h3-7,22,26-27H,8H2,1-2H3. The molecule has 0 amide bonds. The van der Waals surface area contributed by atoms with Crippen LogP contribution in [0.15, 0.2) is 42.1 Å². The zero-order chi connectivity index (χ0) is 19.9. The molecule has 3 N–H and O–H groups in total. The van der Waals surface area contributed by atoms with Gasteiger partial charge in [-0.05, 0) is 43.2 Å². The Bertz CT molecular complexity index is 927. The van der Waals surface area contributed by atoms with Crippen molar-refractivity contribution in [3.63, 3.8) is 0 Å². The monoisotopic (exact) mass is 400 g/mol. The van der Waals surface area contributed by atoms with Crippen molar-refractivity contribution in [3.8, 4) is 0 Å². The lowest BCUT2D eigenvalue weighted by Gasteiger charge is -2.32. The van der Waals surface area contributed by atoms with Crippen molar-refractivity contribution in [3.05, 3.63) is 63.9 Å². The summed E-state index contributed by atoms with van der Waals surface area (Å²) in [6.45, 7) is 2.58. The summed E-state index contributed by atoms with van der Waals surface area (Å²) < 4.78 is 40.4. The average Bonchev–Trinajstić information content (AvgIpc) is 3.00. The molecular weight excluding hydrogens is 385 g/mol. The Morgan fingerprint density at radius 3 is 2.33 bits per heavy atom. The Hall–Kier alpha value is -2.65. The van der Waals surface area contributed by atoms with Gasteiger partial charge in [-0.2, -0.15) is 18.3 Å². The number of allylic oxidation sites excluding steroid dienone is 1. The molecule has 0 unspecified atom stereocenters. The first-order valence-electron chi connectivity index (χ1n) is 7.83. The highest BCUT2D eigenvalue weighted by Gasteiger charge is 2.32. The van der Waals surface area contributed by atoms with Gasteiger partial charge in [-0.25, -0.2) is 4.68 Å². The number of aliphatic hydroxyl groups excluding tert-OH is 2. The molecule has 1 aliphatic heterocycles. The fourth-order valence-electron chi connectivity index (χ4n) is 2.90. The second-order valence-electron chi connectivity index (χ2n) is 6.02. The van der Waals surface area contributed by atoms with Crippen molar-refractivity contribution in [2.75, 3.05) is 11.6 Å². The number of hydrogen-bond donors (Lipinski definition) is 3. The molecule has 0 atom stereocenters. The lowest BCUT2D eigenvalue weighted by molar-refractivity contribution is -0.137. The van der Waals surface area contributed by atoms with Crippen LogP contribution in [-0.4, -0.2) is 26.6 Å². The van der Waals surface area contributed by atoms with E-state index in [1.165, 1.54) is 28.2 Å². The van der Waals surface area contributed by atoms with Crippen molar-refractivity contribution in [2.24, 2.45) is 0 Å². The number of halogens is 4. The van der Waals surface area contributed by atoms with Gasteiger partial charge in [0.2, 0.25) is 0 Å². The summed E-state index contributed by atoms with van der Waals surface area (Å²) in [4.78, 5) is 0. The van der Waals surface area contributed by atoms with E-state index in [0.717, 1.165) is 12.1 Å². The highest BCUT2D eigenvalue weighted by molar-refractivity contribution is 6.29. The zero-order valence-electron chi connectivity index (χ0n) is 14.3. The van der Waals surface area contributed by atoms with E-state index >= 15 is 0 Å². The number of benzene rings is 1. The quantitative estimate of drug-likeness (QED) is 0.731. The Morgan fingerprint density at radius 2 is 1.85 bits per heavy atom. The van der Waals surface area contributed by atoms with Crippen LogP contribution < -0.4 is 10.4 Å². The third-order valence-corrected chi connectivity index (χ3v) is 4.26. The largest absolute Gasteiger partial charge is 0.504 e. The van der Waals surface area contributed by atoms with Crippen LogP contribution in [-0.2, 0) is 6.18 Å². The number of aromatic nitrogens is 2. The molecule has 0 spiro atoms. The fraction of sp³-hybridized carbons (Fsp3) is 0.235. The van der Waals surface area contributed by atoms with Crippen molar-refractivity contribution >= 4 is 23.0 Å². The van der Waals surface area contributed by atoms with Gasteiger partial charge in [-0.3, -0.25) is 10.4 Å². The Kier molecular flexibility index (Phi) is 4.83. The molecule has 0 aliphatic carbocycles. The molecule has 0 radical (unpaired) electrons. The normalized spacial score (nSPS) is 15.1. The SMILES string of the molecule is Cc1cc(C(F)(F)F)cc(C)c1N1C=C(n2ccc(Cl)n2)C(O)=C(CO)N1. The van der Waals surface area contributed by atoms with E-state index in [9.17, 15) is 23.4 Å². The highest BCUT2D eigenvalue weighted by atomic mass is 35.5. The fourth-order valence-corrected chi connectivity index (χ4v) is 3.04. The first-order chi connectivity index (χ1) is 12.6. The topological polar surface area (TPSA) is 73.6 Å². The second kappa shape index (κ2) is 6.82. The summed E-state index contributed by atoms with van der Waals surface area (Å²) in [5.41, 5.74) is 3.50. The van der Waals surface area contributed by atoms with Crippen molar-refractivity contribution in [2.45, 2.75) is 20.0 Å². The summed E-state index contributed by atoms with van der Waals surface area (Å²) in [5.74, 6) is -0.254. The summed E-state index contributed by atoms with van der Waals surface area (Å²) >= 11 is 5.82. The van der Waals surface area contributed by atoms with E-state index in [1.54, 1.807) is 13.8 Å². The van der Waals surface area contributed by atoms with E-state index in [4.69, 9.17) is 11.6 Å². The predicted octanol–water partition coefficient (Wildman–Crippen LogP) is 3.76. The van der Waals surface area contributed by atoms with Gasteiger partial charge >= 0.3 is 6.18 Å². The van der Waals surface area contributed by atoms with Crippen LogP contribution in [0.3, 0.4) is 0 Å². The molecule has 6 nitrogen and oxygen atoms in total. The number of nitrogens with zero attached hydrogens (tertiary/aromatic N) is 3. The van der Waals surface area contributed by atoms with Crippen molar-refractivity contribution in [1.82, 2.24) is 15.2 Å². The van der Waals surface area contributed by atoms with Gasteiger partial charge in [-0.15, -0.1) is 0 Å². The smallest absolute Gasteiger partial charge is 0.416 e. The highest BCUT2D eigenvalue weighted by Crippen LogP contribution is 2.36. The van der Waals surface area contributed by atoms with E-state index < -0.39 is 18.3 Å². The molecule has 3 rings (SSSR count). The van der Waals surface area contributed by atoms with E-state index in [2.05, 4.69) is 10.5 Å². The molecule has 1 aromatic carbocycles. The van der Waals surface area contributed by atoms with Crippen molar-refractivity contribution < 1.29 is 23.4 Å². The van der Waals surface area contributed by atoms with Gasteiger partial charge in [0.1, 0.15) is 11.4 Å². The first kappa shape index (κ1) is 19.1. The lowest BCUT2D eigenvalue weighted by Crippen LogP contribution is -2.39. The van der Waals surface area contributed by atoms with Gasteiger partial charge in [-0.1, -0.05) is 11.6 Å². The van der Waals surface area contributed by atoms with Crippen LogP contribution >= 0.6 is 11.6 Å². The lowest BCUT2D eigenvalue weighted by atomic mass is 10.0. The summed E-state index contributed by atoms with van der Waals surface area (Å²) in [7, 11) is 0. The number of alkyl halides is 3. The van der Waals surface area contributed by atoms with Crippen LogP contribution in [0.5, 0.6) is 0 Å². The number of rotatable bonds is 3. The predicted molar refractivity (Wildman–Crippen MR) is 94.8 cm³/mol. The van der Waals surface area contributed by atoms with Gasteiger partial charge in [0.05, 0.1) is 24.1 Å². The molecule has 0 bridgehead atoms. The molecule has 10 heteroatoms. The number of hydrazine groups is 1. The van der Waals surface area contributed by atoms with Crippen LogP contribution in [0.25, 0.3) is 5.70 Å². The number of hydrogen-bond acceptors (Lipinski definition) is 5. The summed E-state index contributed by atoms with van der Waals surface area (Å²) in [6.07, 6.45) is -1.49. The van der Waals surface area contributed by atoms with Crippen LogP contribution in [0, 0.1) is 13.8 Å². The second-order valence-corrected chi connectivity index (χ2v) is 6.41. The molecule has 2 heterocycles. The maximum absolute atomic E-state index is 13.0. The number of aryl methyl sites for hydroxylation is 2. The first-order valence-corrected chi connectivity index (χ1v) is 8.20. The average molecular weight is 401 g/mol. The van der Waals surface area contributed by atoms with E-state index in [1.807, 2.05) is 0 Å². The summed E-state index contributed by atoms with van der Waals surface area (Å²) in [5, 5.41) is 25.5. The Labute approximate surface area is 157 Å². The molecule has 0 saturated heterocycles. The molecule has 0 saturated carbocycles.